The fourth-order valence-corrected chi connectivity index (χ4v) is 1.82. The second kappa shape index (κ2) is 3.42. The molecule has 0 aliphatic rings. The molecular formula is C14H10O2. The quantitative estimate of drug-likeness (QED) is 0.662. The van der Waals surface area contributed by atoms with Crippen molar-refractivity contribution in [2.75, 3.05) is 0 Å². The van der Waals surface area contributed by atoms with E-state index in [1.807, 2.05) is 54.6 Å². The summed E-state index contributed by atoms with van der Waals surface area (Å²) in [4.78, 5) is 0. The third-order valence-corrected chi connectivity index (χ3v) is 2.61. The van der Waals surface area contributed by atoms with Crippen molar-refractivity contribution < 1.29 is 9.52 Å². The van der Waals surface area contributed by atoms with Gasteiger partial charge in [0.15, 0.2) is 11.5 Å². The second-order valence-electron chi connectivity index (χ2n) is 3.64. The van der Waals surface area contributed by atoms with Crippen LogP contribution in [-0.4, -0.2) is 5.11 Å². The molecule has 0 fully saturated rings. The maximum absolute atomic E-state index is 10.0. The van der Waals surface area contributed by atoms with E-state index in [-0.39, 0.29) is 5.75 Å². The van der Waals surface area contributed by atoms with Crippen molar-refractivity contribution in [3.05, 3.63) is 54.6 Å². The minimum atomic E-state index is 0.210. The van der Waals surface area contributed by atoms with Gasteiger partial charge in [-0.15, -0.1) is 0 Å². The first-order chi connectivity index (χ1) is 7.86. The predicted octanol–water partition coefficient (Wildman–Crippen LogP) is 3.81. The number of para-hydroxylation sites is 1. The van der Waals surface area contributed by atoms with E-state index in [4.69, 9.17) is 4.42 Å². The SMILES string of the molecule is Oc1c(-c2ccccc2)oc2ccccc12. The molecule has 0 saturated heterocycles. The number of rotatable bonds is 1. The van der Waals surface area contributed by atoms with Crippen LogP contribution in [0.4, 0.5) is 0 Å². The number of hydrogen-bond donors (Lipinski definition) is 1. The summed E-state index contributed by atoms with van der Waals surface area (Å²) in [6.07, 6.45) is 0. The number of aromatic hydroxyl groups is 1. The Morgan fingerprint density at radius 2 is 1.50 bits per heavy atom. The highest BCUT2D eigenvalue weighted by Gasteiger charge is 2.13. The zero-order valence-electron chi connectivity index (χ0n) is 8.55. The van der Waals surface area contributed by atoms with E-state index in [1.165, 1.54) is 0 Å². The Bertz CT molecular complexity index is 624. The van der Waals surface area contributed by atoms with Gasteiger partial charge in [0.05, 0.1) is 5.39 Å². The molecule has 3 rings (SSSR count). The maximum atomic E-state index is 10.0. The Morgan fingerprint density at radius 1 is 0.812 bits per heavy atom. The molecule has 0 radical (unpaired) electrons. The molecule has 0 unspecified atom stereocenters. The zero-order chi connectivity index (χ0) is 11.0. The molecular weight excluding hydrogens is 200 g/mol. The van der Waals surface area contributed by atoms with Crippen molar-refractivity contribution in [3.8, 4) is 17.1 Å². The summed E-state index contributed by atoms with van der Waals surface area (Å²) in [5.41, 5.74) is 1.59. The van der Waals surface area contributed by atoms with Crippen LogP contribution in [0.2, 0.25) is 0 Å². The Balaban J connectivity index is 2.29. The van der Waals surface area contributed by atoms with E-state index in [2.05, 4.69) is 0 Å². The Kier molecular flexibility index (Phi) is 1.93. The number of hydrogen-bond acceptors (Lipinski definition) is 2. The van der Waals surface area contributed by atoms with E-state index in [1.54, 1.807) is 0 Å². The summed E-state index contributed by atoms with van der Waals surface area (Å²) < 4.78 is 5.63. The van der Waals surface area contributed by atoms with E-state index >= 15 is 0 Å². The monoisotopic (exact) mass is 210 g/mol. The van der Waals surface area contributed by atoms with E-state index < -0.39 is 0 Å². The molecule has 0 saturated carbocycles. The lowest BCUT2D eigenvalue weighted by Crippen LogP contribution is -1.71. The van der Waals surface area contributed by atoms with E-state index in [9.17, 15) is 5.11 Å². The van der Waals surface area contributed by atoms with Gasteiger partial charge in [0, 0.05) is 5.56 Å². The lowest BCUT2D eigenvalue weighted by molar-refractivity contribution is 0.470. The standard InChI is InChI=1S/C14H10O2/c15-13-11-8-4-5-9-12(11)16-14(13)10-6-2-1-3-7-10/h1-9,15H. The molecule has 2 nitrogen and oxygen atoms in total. The van der Waals surface area contributed by atoms with Crippen LogP contribution in [0.25, 0.3) is 22.3 Å². The fraction of sp³-hybridized carbons (Fsp3) is 0. The van der Waals surface area contributed by atoms with Crippen molar-refractivity contribution >= 4 is 11.0 Å². The Hall–Kier alpha value is -2.22. The molecule has 2 heteroatoms. The van der Waals surface area contributed by atoms with Gasteiger partial charge < -0.3 is 9.52 Å². The zero-order valence-corrected chi connectivity index (χ0v) is 8.55. The molecule has 1 N–H and O–H groups in total. The first-order valence-electron chi connectivity index (χ1n) is 5.12. The molecule has 1 heterocycles. The number of fused-ring (bicyclic) bond motifs is 1. The van der Waals surface area contributed by atoms with E-state index in [0.717, 1.165) is 10.9 Å². The minimum absolute atomic E-state index is 0.210. The molecule has 0 amide bonds. The molecule has 0 aliphatic carbocycles. The van der Waals surface area contributed by atoms with Gasteiger partial charge in [-0.1, -0.05) is 42.5 Å². The van der Waals surface area contributed by atoms with Crippen molar-refractivity contribution in [2.45, 2.75) is 0 Å². The van der Waals surface area contributed by atoms with Crippen LogP contribution in [0.15, 0.2) is 59.0 Å². The molecule has 0 aliphatic heterocycles. The largest absolute Gasteiger partial charge is 0.504 e. The normalized spacial score (nSPS) is 10.8. The van der Waals surface area contributed by atoms with Gasteiger partial charge in [-0.2, -0.15) is 0 Å². The van der Waals surface area contributed by atoms with E-state index in [0.29, 0.717) is 11.3 Å². The molecule has 0 spiro atoms. The van der Waals surface area contributed by atoms with Crippen molar-refractivity contribution in [2.24, 2.45) is 0 Å². The summed E-state index contributed by atoms with van der Waals surface area (Å²) in [5, 5.41) is 10.8. The number of furan rings is 1. The minimum Gasteiger partial charge on any atom is -0.504 e. The molecule has 1 aromatic heterocycles. The van der Waals surface area contributed by atoms with Crippen molar-refractivity contribution in [1.82, 2.24) is 0 Å². The van der Waals surface area contributed by atoms with Gasteiger partial charge in [0.1, 0.15) is 5.58 Å². The van der Waals surface area contributed by atoms with Gasteiger partial charge >= 0.3 is 0 Å². The molecule has 16 heavy (non-hydrogen) atoms. The van der Waals surface area contributed by atoms with Crippen LogP contribution < -0.4 is 0 Å². The Morgan fingerprint density at radius 3 is 2.25 bits per heavy atom. The van der Waals surface area contributed by atoms with Crippen LogP contribution >= 0.6 is 0 Å². The number of benzene rings is 2. The summed E-state index contributed by atoms with van der Waals surface area (Å²) in [7, 11) is 0. The average Bonchev–Trinajstić information content (AvgIpc) is 2.69. The highest BCUT2D eigenvalue weighted by Crippen LogP contribution is 2.38. The molecule has 78 valence electrons. The van der Waals surface area contributed by atoms with Gasteiger partial charge in [-0.05, 0) is 12.1 Å². The summed E-state index contributed by atoms with van der Waals surface area (Å²) in [6, 6.07) is 17.1. The van der Waals surface area contributed by atoms with Crippen LogP contribution in [0.5, 0.6) is 5.75 Å². The average molecular weight is 210 g/mol. The van der Waals surface area contributed by atoms with Crippen LogP contribution in [-0.2, 0) is 0 Å². The Labute approximate surface area is 92.8 Å². The summed E-state index contributed by atoms with van der Waals surface area (Å²) >= 11 is 0. The lowest BCUT2D eigenvalue weighted by atomic mass is 10.1. The predicted molar refractivity (Wildman–Crippen MR) is 63.3 cm³/mol. The van der Waals surface area contributed by atoms with Gasteiger partial charge in [0.25, 0.3) is 0 Å². The first-order valence-corrected chi connectivity index (χ1v) is 5.12. The summed E-state index contributed by atoms with van der Waals surface area (Å²) in [5.74, 6) is 0.739. The van der Waals surface area contributed by atoms with Gasteiger partial charge in [-0.3, -0.25) is 0 Å². The smallest absolute Gasteiger partial charge is 0.177 e. The van der Waals surface area contributed by atoms with Crippen molar-refractivity contribution in [1.29, 1.82) is 0 Å². The highest BCUT2D eigenvalue weighted by molar-refractivity contribution is 5.90. The van der Waals surface area contributed by atoms with Gasteiger partial charge in [-0.25, -0.2) is 0 Å². The third-order valence-electron chi connectivity index (χ3n) is 2.61. The fourth-order valence-electron chi connectivity index (χ4n) is 1.82. The van der Waals surface area contributed by atoms with Crippen LogP contribution in [0.3, 0.4) is 0 Å². The first kappa shape index (κ1) is 9.04. The summed E-state index contributed by atoms with van der Waals surface area (Å²) in [6.45, 7) is 0. The second-order valence-corrected chi connectivity index (χ2v) is 3.64. The lowest BCUT2D eigenvalue weighted by Gasteiger charge is -1.95. The molecule has 0 bridgehead atoms. The van der Waals surface area contributed by atoms with Crippen LogP contribution in [0.1, 0.15) is 0 Å². The van der Waals surface area contributed by atoms with Crippen LogP contribution in [0, 0.1) is 0 Å². The molecule has 0 atom stereocenters. The molecule has 2 aromatic carbocycles. The molecule has 3 aromatic rings. The van der Waals surface area contributed by atoms with Gasteiger partial charge in [0.2, 0.25) is 0 Å². The third kappa shape index (κ3) is 1.27. The maximum Gasteiger partial charge on any atom is 0.177 e. The topological polar surface area (TPSA) is 33.4 Å². The van der Waals surface area contributed by atoms with Crippen molar-refractivity contribution in [3.63, 3.8) is 0 Å². The highest BCUT2D eigenvalue weighted by atomic mass is 16.4.